The molecular weight excluding hydrogens is 555 g/mol. The lowest BCUT2D eigenvalue weighted by Gasteiger charge is -2.27. The van der Waals surface area contributed by atoms with Crippen LogP contribution in [0, 0.1) is 12.7 Å². The van der Waals surface area contributed by atoms with Gasteiger partial charge in [-0.3, -0.25) is 18.7 Å². The molecule has 1 saturated heterocycles. The Hall–Kier alpha value is -3.88. The maximum Gasteiger partial charge on any atom is 0.332 e. The summed E-state index contributed by atoms with van der Waals surface area (Å²) in [7, 11) is 4.64. The predicted octanol–water partition coefficient (Wildman–Crippen LogP) is 2.24. The number of likely N-dealkylation sites (N-methyl/N-ethyl adjacent to an activating group) is 1. The fraction of sp³-hybridized carbons (Fsp3) is 0.444. The van der Waals surface area contributed by atoms with Crippen molar-refractivity contribution in [3.8, 4) is 10.8 Å². The summed E-state index contributed by atoms with van der Waals surface area (Å²) in [6, 6.07) is 4.08. The molecular formula is C27H31FN6O6S. The number of thiophene rings is 1. The molecule has 0 radical (unpaired) electrons. The number of nitrogens with zero attached hydrogens (tertiary/aromatic N) is 6. The summed E-state index contributed by atoms with van der Waals surface area (Å²) in [6.07, 6.45) is 2.18. The average molecular weight is 587 g/mol. The first-order valence-electron chi connectivity index (χ1n) is 12.9. The number of hydrogen-bond donors (Lipinski definition) is 0. The minimum atomic E-state index is -1.09. The average Bonchev–Trinajstić information content (AvgIpc) is 3.64. The van der Waals surface area contributed by atoms with Crippen molar-refractivity contribution in [2.45, 2.75) is 38.5 Å². The summed E-state index contributed by atoms with van der Waals surface area (Å²) in [6.45, 7) is 4.03. The van der Waals surface area contributed by atoms with Gasteiger partial charge < -0.3 is 19.1 Å². The molecule has 0 saturated carbocycles. The molecule has 218 valence electrons. The first kappa shape index (κ1) is 28.6. The zero-order chi connectivity index (χ0) is 29.5. The number of methoxy groups -OCH3 is 2. The van der Waals surface area contributed by atoms with Crippen molar-refractivity contribution in [2.75, 3.05) is 41.0 Å². The number of carbonyl (C=O) groups excluding carboxylic acids is 1. The largest absolute Gasteiger partial charge is 0.496 e. The summed E-state index contributed by atoms with van der Waals surface area (Å²) in [4.78, 5) is 44.3. The number of aryl methyl sites for hydroxylation is 1. The van der Waals surface area contributed by atoms with E-state index in [-0.39, 0.29) is 38.6 Å². The van der Waals surface area contributed by atoms with Gasteiger partial charge in [-0.15, -0.1) is 4.80 Å². The molecule has 1 aromatic carbocycles. The van der Waals surface area contributed by atoms with Gasteiger partial charge in [-0.2, -0.15) is 10.2 Å². The zero-order valence-electron chi connectivity index (χ0n) is 23.4. The Bertz CT molecular complexity index is 1710. The van der Waals surface area contributed by atoms with Crippen molar-refractivity contribution in [3.05, 3.63) is 68.4 Å². The van der Waals surface area contributed by atoms with Gasteiger partial charge in [0.25, 0.3) is 5.56 Å². The highest BCUT2D eigenvalue weighted by Gasteiger charge is 2.42. The molecule has 0 N–H and O–H groups in total. The van der Waals surface area contributed by atoms with Crippen LogP contribution in [-0.4, -0.2) is 76.0 Å². The number of halogens is 1. The lowest BCUT2D eigenvalue weighted by molar-refractivity contribution is -0.126. The molecule has 5 rings (SSSR count). The van der Waals surface area contributed by atoms with E-state index in [2.05, 4.69) is 10.2 Å². The van der Waals surface area contributed by atoms with Crippen LogP contribution in [0.2, 0.25) is 0 Å². The Morgan fingerprint density at radius 1 is 1.15 bits per heavy atom. The summed E-state index contributed by atoms with van der Waals surface area (Å²) >= 11 is 1.19. The maximum atomic E-state index is 14.5. The van der Waals surface area contributed by atoms with Gasteiger partial charge in [0.15, 0.2) is 0 Å². The number of ether oxygens (including phenoxy) is 3. The molecule has 1 amide bonds. The van der Waals surface area contributed by atoms with Gasteiger partial charge in [0.2, 0.25) is 5.91 Å². The van der Waals surface area contributed by atoms with Gasteiger partial charge in [0.05, 0.1) is 56.6 Å². The Morgan fingerprint density at radius 3 is 2.51 bits per heavy atom. The Balaban J connectivity index is 1.77. The molecule has 41 heavy (non-hydrogen) atoms. The fourth-order valence-electron chi connectivity index (χ4n) is 5.39. The number of carbonyl (C=O) groups is 1. The zero-order valence-corrected chi connectivity index (χ0v) is 24.2. The van der Waals surface area contributed by atoms with Crippen LogP contribution in [0.3, 0.4) is 0 Å². The lowest BCUT2D eigenvalue weighted by atomic mass is 10.0. The van der Waals surface area contributed by atoms with E-state index in [0.29, 0.717) is 32.1 Å². The molecule has 1 fully saturated rings. The Morgan fingerprint density at radius 2 is 1.88 bits per heavy atom. The maximum absolute atomic E-state index is 14.5. The number of rotatable bonds is 10. The Labute approximate surface area is 238 Å². The van der Waals surface area contributed by atoms with Crippen molar-refractivity contribution in [3.63, 3.8) is 0 Å². The number of likely N-dealkylation sites (tertiary alicyclic amines) is 1. The van der Waals surface area contributed by atoms with Gasteiger partial charge in [-0.25, -0.2) is 9.18 Å². The first-order valence-corrected chi connectivity index (χ1v) is 13.8. The molecule has 2 atom stereocenters. The highest BCUT2D eigenvalue weighted by molar-refractivity contribution is 7.21. The van der Waals surface area contributed by atoms with Crippen LogP contribution in [0.1, 0.15) is 30.6 Å². The van der Waals surface area contributed by atoms with E-state index >= 15 is 0 Å². The van der Waals surface area contributed by atoms with E-state index in [4.69, 9.17) is 14.2 Å². The van der Waals surface area contributed by atoms with Crippen LogP contribution in [0.4, 0.5) is 4.39 Å². The molecule has 0 spiro atoms. The summed E-state index contributed by atoms with van der Waals surface area (Å²) in [5, 5.41) is 9.32. The molecule has 12 nitrogen and oxygen atoms in total. The van der Waals surface area contributed by atoms with Crippen molar-refractivity contribution >= 4 is 27.5 Å². The van der Waals surface area contributed by atoms with Crippen LogP contribution in [0.15, 0.2) is 40.2 Å². The second-order valence-electron chi connectivity index (χ2n) is 10.2. The number of benzene rings is 1. The van der Waals surface area contributed by atoms with Crippen molar-refractivity contribution in [2.24, 2.45) is 0 Å². The van der Waals surface area contributed by atoms with Crippen molar-refractivity contribution in [1.29, 1.82) is 0 Å². The van der Waals surface area contributed by atoms with Crippen LogP contribution in [0.5, 0.6) is 5.75 Å². The minimum absolute atomic E-state index is 0.00755. The topological polar surface area (TPSA) is 123 Å². The molecule has 3 aromatic heterocycles. The van der Waals surface area contributed by atoms with Gasteiger partial charge in [-0.1, -0.05) is 11.3 Å². The Kier molecular flexibility index (Phi) is 7.81. The molecule has 1 aliphatic rings. The normalized spacial score (nSPS) is 18.0. The summed E-state index contributed by atoms with van der Waals surface area (Å²) in [5.41, 5.74) is -1.21. The third-order valence-electron chi connectivity index (χ3n) is 7.36. The van der Waals surface area contributed by atoms with Crippen molar-refractivity contribution < 1.29 is 23.4 Å². The van der Waals surface area contributed by atoms with Crippen LogP contribution < -0.4 is 16.0 Å². The standard InChI is InChI=1S/C27H31FN6O6S/c1-16-22-23(36)33(27(2)13-21(35)31(3)15-27)26(37)32(25(22)41-24(16)34-29-8-9-30-34)14-20(40-11-10-38-4)18-12-17(28)6-7-19(18)39-5/h6-9,12,20H,10-11,13-15H2,1-5H3/t20-,27+/m0/s1. The predicted molar refractivity (Wildman–Crippen MR) is 149 cm³/mol. The minimum Gasteiger partial charge on any atom is -0.496 e. The second kappa shape index (κ2) is 11.2. The van der Waals surface area contributed by atoms with Crippen LogP contribution in [-0.2, 0) is 26.4 Å². The third kappa shape index (κ3) is 5.06. The molecule has 0 aliphatic carbocycles. The van der Waals surface area contributed by atoms with E-state index in [1.165, 1.54) is 75.0 Å². The van der Waals surface area contributed by atoms with E-state index in [9.17, 15) is 18.8 Å². The van der Waals surface area contributed by atoms with E-state index in [1.54, 1.807) is 20.9 Å². The highest BCUT2D eigenvalue weighted by atomic mass is 32.1. The number of fused-ring (bicyclic) bond motifs is 1. The van der Waals surface area contributed by atoms with Gasteiger partial charge in [0.1, 0.15) is 27.5 Å². The van der Waals surface area contributed by atoms with E-state index in [1.807, 2.05) is 0 Å². The van der Waals surface area contributed by atoms with Gasteiger partial charge >= 0.3 is 5.69 Å². The second-order valence-corrected chi connectivity index (χ2v) is 11.2. The monoisotopic (exact) mass is 586 g/mol. The SMILES string of the molecule is COCCO[C@@H](Cn1c(=O)n([C@]2(C)CC(=O)N(C)C2)c(=O)c2c(C)c(-n3nccn3)sc21)c1cc(F)ccc1OC. The smallest absolute Gasteiger partial charge is 0.332 e. The van der Waals surface area contributed by atoms with E-state index < -0.39 is 28.7 Å². The number of hydrogen-bond acceptors (Lipinski definition) is 9. The molecule has 1 aliphatic heterocycles. The van der Waals surface area contributed by atoms with Crippen LogP contribution in [0.25, 0.3) is 15.2 Å². The van der Waals surface area contributed by atoms with Crippen LogP contribution >= 0.6 is 11.3 Å². The highest BCUT2D eigenvalue weighted by Crippen LogP contribution is 2.35. The van der Waals surface area contributed by atoms with Gasteiger partial charge in [-0.05, 0) is 32.0 Å². The number of aromatic nitrogens is 5. The molecule has 0 bridgehead atoms. The van der Waals surface area contributed by atoms with Gasteiger partial charge in [0, 0.05) is 31.8 Å². The summed E-state index contributed by atoms with van der Waals surface area (Å²) in [5.74, 6) is -0.285. The molecule has 0 unspecified atom stereocenters. The molecule has 4 heterocycles. The molecule has 14 heteroatoms. The number of amides is 1. The lowest BCUT2D eigenvalue weighted by Crippen LogP contribution is -2.51. The quantitative estimate of drug-likeness (QED) is 0.259. The first-order chi connectivity index (χ1) is 19.6. The molecule has 4 aromatic rings. The fourth-order valence-corrected chi connectivity index (χ4v) is 6.61. The summed E-state index contributed by atoms with van der Waals surface area (Å²) < 4.78 is 33.9. The van der Waals surface area contributed by atoms with E-state index in [0.717, 1.165) is 0 Å². The van der Waals surface area contributed by atoms with Crippen molar-refractivity contribution in [1.82, 2.24) is 29.0 Å². The third-order valence-corrected chi connectivity index (χ3v) is 8.64.